The molecule has 11 heavy (non-hydrogen) atoms. The lowest BCUT2D eigenvalue weighted by Crippen LogP contribution is -1.91. The molecule has 1 aromatic carbocycles. The van der Waals surface area contributed by atoms with E-state index >= 15 is 0 Å². The lowest BCUT2D eigenvalue weighted by Gasteiger charge is -1.98. The van der Waals surface area contributed by atoms with E-state index in [1.165, 1.54) is 18.2 Å². The number of aromatic hydroxyl groups is 1. The van der Waals surface area contributed by atoms with Crippen LogP contribution in [-0.2, 0) is 0 Å². The van der Waals surface area contributed by atoms with Gasteiger partial charge in [-0.1, -0.05) is 0 Å². The van der Waals surface area contributed by atoms with E-state index in [2.05, 4.69) is 0 Å². The predicted molar refractivity (Wildman–Crippen MR) is 42.7 cm³/mol. The molecule has 0 amide bonds. The van der Waals surface area contributed by atoms with Gasteiger partial charge in [-0.15, -0.1) is 0 Å². The van der Waals surface area contributed by atoms with Gasteiger partial charge in [0, 0.05) is 5.56 Å². The Bertz CT molecular complexity index is 298. The Morgan fingerprint density at radius 3 is 2.64 bits per heavy atom. The second-order valence-electron chi connectivity index (χ2n) is 2.05. The molecule has 0 saturated heterocycles. The van der Waals surface area contributed by atoms with Crippen molar-refractivity contribution in [3.05, 3.63) is 23.8 Å². The molecule has 0 aliphatic rings. The summed E-state index contributed by atoms with van der Waals surface area (Å²) in [6, 6.07) is 4.10. The molecule has 0 aromatic heterocycles. The van der Waals surface area contributed by atoms with E-state index in [1.807, 2.05) is 0 Å². The lowest BCUT2D eigenvalue weighted by atomic mass is 10.2. The van der Waals surface area contributed by atoms with Crippen LogP contribution in [0, 0.1) is 0 Å². The number of nitrogen functional groups attached to an aromatic ring is 1. The minimum absolute atomic E-state index is 0.128. The number of carbonyl (C=O) groups is 1. The number of carbonyl (C=O) groups excluding carboxylic acids is 1. The van der Waals surface area contributed by atoms with E-state index in [0.29, 0.717) is 0 Å². The summed E-state index contributed by atoms with van der Waals surface area (Å²) in [5.74, 6) is -0.128. The van der Waals surface area contributed by atoms with Crippen LogP contribution in [0.3, 0.4) is 0 Å². The zero-order valence-electron chi connectivity index (χ0n) is 5.54. The van der Waals surface area contributed by atoms with Gasteiger partial charge in [0.25, 0.3) is 5.24 Å². The van der Waals surface area contributed by atoms with Crippen molar-refractivity contribution < 1.29 is 9.90 Å². The largest absolute Gasteiger partial charge is 0.506 e. The van der Waals surface area contributed by atoms with Crippen molar-refractivity contribution in [3.63, 3.8) is 0 Å². The van der Waals surface area contributed by atoms with Gasteiger partial charge >= 0.3 is 0 Å². The maximum atomic E-state index is 10.5. The first-order valence-electron chi connectivity index (χ1n) is 2.89. The molecule has 0 saturated carbocycles. The molecule has 1 aromatic rings. The van der Waals surface area contributed by atoms with Crippen molar-refractivity contribution in [2.75, 3.05) is 5.73 Å². The number of hydrogen-bond donors (Lipinski definition) is 2. The van der Waals surface area contributed by atoms with E-state index in [1.54, 1.807) is 0 Å². The van der Waals surface area contributed by atoms with E-state index in [9.17, 15) is 4.79 Å². The first-order chi connectivity index (χ1) is 5.11. The van der Waals surface area contributed by atoms with Crippen molar-refractivity contribution in [2.45, 2.75) is 0 Å². The maximum absolute atomic E-state index is 10.5. The number of benzene rings is 1. The summed E-state index contributed by atoms with van der Waals surface area (Å²) in [5, 5.41) is 8.40. The lowest BCUT2D eigenvalue weighted by molar-refractivity contribution is 0.108. The van der Waals surface area contributed by atoms with Crippen molar-refractivity contribution in [1.29, 1.82) is 0 Å². The normalized spacial score (nSPS) is 9.55. The van der Waals surface area contributed by atoms with Crippen LogP contribution in [-0.4, -0.2) is 10.3 Å². The summed E-state index contributed by atoms with van der Waals surface area (Å²) in [4.78, 5) is 10.5. The molecule has 1 rings (SSSR count). The molecule has 0 radical (unpaired) electrons. The number of phenolic OH excluding ortho intramolecular Hbond substituents is 1. The van der Waals surface area contributed by atoms with Crippen molar-refractivity contribution in [3.8, 4) is 5.75 Å². The summed E-state index contributed by atoms with van der Waals surface area (Å²) in [6.45, 7) is 0. The fraction of sp³-hybridized carbons (Fsp3) is 0. The van der Waals surface area contributed by atoms with Crippen LogP contribution in [0.25, 0.3) is 0 Å². The van der Waals surface area contributed by atoms with Crippen LogP contribution < -0.4 is 5.73 Å². The molecule has 0 fully saturated rings. The second kappa shape index (κ2) is 2.80. The summed E-state index contributed by atoms with van der Waals surface area (Å²) in [6.07, 6.45) is 0. The van der Waals surface area contributed by atoms with Gasteiger partial charge in [0.15, 0.2) is 0 Å². The molecule has 3 N–H and O–H groups in total. The first-order valence-corrected chi connectivity index (χ1v) is 3.27. The van der Waals surface area contributed by atoms with Gasteiger partial charge in [0.1, 0.15) is 5.75 Å². The van der Waals surface area contributed by atoms with Crippen LogP contribution in [0.5, 0.6) is 5.75 Å². The van der Waals surface area contributed by atoms with Gasteiger partial charge in [0.05, 0.1) is 5.69 Å². The SMILES string of the molecule is Nc1ccc(C(=O)Cl)cc1O. The third-order valence-corrected chi connectivity index (χ3v) is 1.48. The predicted octanol–water partition coefficient (Wildman–Crippen LogP) is 1.35. The molecule has 0 heterocycles. The standard InChI is InChI=1S/C7H6ClNO2/c8-7(11)4-1-2-5(9)6(10)3-4/h1-3,10H,9H2. The quantitative estimate of drug-likeness (QED) is 0.381. The van der Waals surface area contributed by atoms with Gasteiger partial charge in [-0.25, -0.2) is 0 Å². The van der Waals surface area contributed by atoms with Gasteiger partial charge in [-0.2, -0.15) is 0 Å². The Morgan fingerprint density at radius 2 is 2.18 bits per heavy atom. The molecule has 3 nitrogen and oxygen atoms in total. The third kappa shape index (κ3) is 1.62. The fourth-order valence-electron chi connectivity index (χ4n) is 0.666. The number of halogens is 1. The topological polar surface area (TPSA) is 63.3 Å². The Balaban J connectivity index is 3.15. The molecule has 0 unspecified atom stereocenters. The zero-order chi connectivity index (χ0) is 8.43. The summed E-state index contributed by atoms with van der Waals surface area (Å²) in [7, 11) is 0. The highest BCUT2D eigenvalue weighted by Crippen LogP contribution is 2.21. The van der Waals surface area contributed by atoms with Crippen LogP contribution in [0.2, 0.25) is 0 Å². The monoisotopic (exact) mass is 171 g/mol. The van der Waals surface area contributed by atoms with Gasteiger partial charge in [0.2, 0.25) is 0 Å². The summed E-state index contributed by atoms with van der Waals surface area (Å²) >= 11 is 5.14. The Labute approximate surface area is 68.4 Å². The maximum Gasteiger partial charge on any atom is 0.252 e. The number of nitrogens with two attached hydrogens (primary N) is 1. The number of hydrogen-bond acceptors (Lipinski definition) is 3. The third-order valence-electron chi connectivity index (χ3n) is 1.26. The number of rotatable bonds is 1. The highest BCUT2D eigenvalue weighted by Gasteiger charge is 2.03. The Morgan fingerprint density at radius 1 is 1.55 bits per heavy atom. The van der Waals surface area contributed by atoms with Crippen molar-refractivity contribution in [2.24, 2.45) is 0 Å². The number of phenols is 1. The van der Waals surface area contributed by atoms with E-state index in [4.69, 9.17) is 22.4 Å². The highest BCUT2D eigenvalue weighted by atomic mass is 35.5. The highest BCUT2D eigenvalue weighted by molar-refractivity contribution is 6.67. The molecule has 0 aliphatic heterocycles. The first kappa shape index (κ1) is 7.88. The van der Waals surface area contributed by atoms with Gasteiger partial charge in [-0.05, 0) is 29.8 Å². The minimum Gasteiger partial charge on any atom is -0.506 e. The van der Waals surface area contributed by atoms with Crippen LogP contribution in [0.4, 0.5) is 5.69 Å². The molecule has 0 aliphatic carbocycles. The van der Waals surface area contributed by atoms with Crippen LogP contribution >= 0.6 is 11.6 Å². The van der Waals surface area contributed by atoms with Crippen molar-refractivity contribution >= 4 is 22.5 Å². The molecule has 4 heteroatoms. The van der Waals surface area contributed by atoms with Crippen LogP contribution in [0.1, 0.15) is 10.4 Å². The zero-order valence-corrected chi connectivity index (χ0v) is 6.30. The van der Waals surface area contributed by atoms with Crippen molar-refractivity contribution in [1.82, 2.24) is 0 Å². The Hall–Kier alpha value is -1.22. The molecular formula is C7H6ClNO2. The average molecular weight is 172 g/mol. The van der Waals surface area contributed by atoms with Gasteiger partial charge in [-0.3, -0.25) is 4.79 Å². The molecule has 0 spiro atoms. The molecular weight excluding hydrogens is 166 g/mol. The summed E-state index contributed by atoms with van der Waals surface area (Å²) in [5.41, 5.74) is 5.75. The summed E-state index contributed by atoms with van der Waals surface area (Å²) < 4.78 is 0. The smallest absolute Gasteiger partial charge is 0.252 e. The molecule has 0 bridgehead atoms. The molecule has 0 atom stereocenters. The molecule has 58 valence electrons. The Kier molecular flexibility index (Phi) is 2.01. The van der Waals surface area contributed by atoms with E-state index in [-0.39, 0.29) is 17.0 Å². The van der Waals surface area contributed by atoms with E-state index in [0.717, 1.165) is 0 Å². The van der Waals surface area contributed by atoms with E-state index < -0.39 is 5.24 Å². The fourth-order valence-corrected chi connectivity index (χ4v) is 0.783. The van der Waals surface area contributed by atoms with Crippen LogP contribution in [0.15, 0.2) is 18.2 Å². The van der Waals surface area contributed by atoms with Gasteiger partial charge < -0.3 is 10.8 Å². The second-order valence-corrected chi connectivity index (χ2v) is 2.39. The average Bonchev–Trinajstić information content (AvgIpc) is 1.94. The number of anilines is 1. The minimum atomic E-state index is -0.611.